The molecule has 0 spiro atoms. The predicted molar refractivity (Wildman–Crippen MR) is 61.4 cm³/mol. The Morgan fingerprint density at radius 1 is 1.31 bits per heavy atom. The van der Waals surface area contributed by atoms with Gasteiger partial charge in [0.15, 0.2) is 0 Å². The Balaban J connectivity index is 2.02. The van der Waals surface area contributed by atoms with Crippen LogP contribution in [0.2, 0.25) is 0 Å². The molecule has 4 heteroatoms. The Morgan fingerprint density at radius 3 is 2.75 bits per heavy atom. The molecule has 4 nitrogen and oxygen atoms in total. The zero-order chi connectivity index (χ0) is 11.6. The maximum absolute atomic E-state index is 11.0. The summed E-state index contributed by atoms with van der Waals surface area (Å²) < 4.78 is 10.2. The molecule has 0 unspecified atom stereocenters. The highest BCUT2D eigenvalue weighted by atomic mass is 16.5. The maximum Gasteiger partial charge on any atom is 0.245 e. The lowest BCUT2D eigenvalue weighted by Gasteiger charge is -2.06. The second kappa shape index (κ2) is 7.70. The number of hydrogen-bond acceptors (Lipinski definition) is 3. The predicted octanol–water partition coefficient (Wildman–Crippen LogP) is 1.22. The van der Waals surface area contributed by atoms with E-state index in [9.17, 15) is 4.79 Å². The highest BCUT2D eigenvalue weighted by Crippen LogP contribution is 2.07. The zero-order valence-corrected chi connectivity index (χ0v) is 9.44. The van der Waals surface area contributed by atoms with E-state index in [1.807, 2.05) is 30.3 Å². The zero-order valence-electron chi connectivity index (χ0n) is 9.44. The molecule has 0 saturated carbocycles. The van der Waals surface area contributed by atoms with Gasteiger partial charge in [0.2, 0.25) is 5.91 Å². The van der Waals surface area contributed by atoms with Crippen molar-refractivity contribution in [3.63, 3.8) is 0 Å². The Labute approximate surface area is 95.6 Å². The normalized spacial score (nSPS) is 9.81. The fourth-order valence-corrected chi connectivity index (χ4v) is 1.19. The van der Waals surface area contributed by atoms with Crippen molar-refractivity contribution in [2.75, 3.05) is 26.9 Å². The van der Waals surface area contributed by atoms with Gasteiger partial charge in [-0.25, -0.2) is 0 Å². The number of amides is 1. The molecule has 1 aromatic rings. The van der Waals surface area contributed by atoms with Gasteiger partial charge < -0.3 is 14.8 Å². The number of hydrogen-bond donors (Lipinski definition) is 1. The summed E-state index contributed by atoms with van der Waals surface area (Å²) in [7, 11) is 1.50. The van der Waals surface area contributed by atoms with E-state index in [0.29, 0.717) is 13.2 Å². The Morgan fingerprint density at radius 2 is 2.06 bits per heavy atom. The van der Waals surface area contributed by atoms with E-state index in [1.165, 1.54) is 7.11 Å². The van der Waals surface area contributed by atoms with Crippen molar-refractivity contribution in [2.45, 2.75) is 6.42 Å². The second-order valence-corrected chi connectivity index (χ2v) is 3.30. The van der Waals surface area contributed by atoms with Crippen molar-refractivity contribution in [1.29, 1.82) is 0 Å². The average Bonchev–Trinajstić information content (AvgIpc) is 2.30. The highest BCUT2D eigenvalue weighted by Gasteiger charge is 1.98. The molecule has 0 aromatic heterocycles. The minimum Gasteiger partial charge on any atom is -0.494 e. The number of para-hydroxylation sites is 1. The number of rotatable bonds is 7. The SMILES string of the molecule is COCC(=O)NCCCOc1ccccc1. The minimum absolute atomic E-state index is 0.0952. The lowest BCUT2D eigenvalue weighted by Crippen LogP contribution is -2.28. The molecule has 0 heterocycles. The summed E-state index contributed by atoms with van der Waals surface area (Å²) in [6.45, 7) is 1.31. The smallest absolute Gasteiger partial charge is 0.245 e. The van der Waals surface area contributed by atoms with E-state index >= 15 is 0 Å². The summed E-state index contributed by atoms with van der Waals surface area (Å²) >= 11 is 0. The highest BCUT2D eigenvalue weighted by molar-refractivity contribution is 5.77. The quantitative estimate of drug-likeness (QED) is 0.707. The third-order valence-electron chi connectivity index (χ3n) is 1.93. The molecule has 1 N–H and O–H groups in total. The molecule has 0 radical (unpaired) electrons. The first kappa shape index (κ1) is 12.5. The molecule has 0 aliphatic heterocycles. The summed E-state index contributed by atoms with van der Waals surface area (Å²) in [5, 5.41) is 2.73. The minimum atomic E-state index is -0.0952. The Bertz CT molecular complexity index is 300. The summed E-state index contributed by atoms with van der Waals surface area (Å²) in [5.41, 5.74) is 0. The molecule has 88 valence electrons. The van der Waals surface area contributed by atoms with E-state index in [-0.39, 0.29) is 12.5 Å². The average molecular weight is 223 g/mol. The summed E-state index contributed by atoms with van der Waals surface area (Å²) in [5.74, 6) is 0.757. The Hall–Kier alpha value is -1.55. The van der Waals surface area contributed by atoms with Crippen molar-refractivity contribution in [3.05, 3.63) is 30.3 Å². The second-order valence-electron chi connectivity index (χ2n) is 3.30. The van der Waals surface area contributed by atoms with E-state index in [2.05, 4.69) is 10.1 Å². The molecule has 16 heavy (non-hydrogen) atoms. The van der Waals surface area contributed by atoms with Crippen molar-refractivity contribution in [3.8, 4) is 5.75 Å². The van der Waals surface area contributed by atoms with E-state index in [1.54, 1.807) is 0 Å². The monoisotopic (exact) mass is 223 g/mol. The number of ether oxygens (including phenoxy) is 2. The standard InChI is InChI=1S/C12H17NO3/c1-15-10-12(14)13-8-5-9-16-11-6-3-2-4-7-11/h2-4,6-7H,5,8-10H2,1H3,(H,13,14). The van der Waals surface area contributed by atoms with Crippen LogP contribution in [0.4, 0.5) is 0 Å². The molecule has 0 atom stereocenters. The van der Waals surface area contributed by atoms with E-state index < -0.39 is 0 Å². The first-order chi connectivity index (χ1) is 7.83. The van der Waals surface area contributed by atoms with Crippen molar-refractivity contribution >= 4 is 5.91 Å². The first-order valence-electron chi connectivity index (χ1n) is 5.26. The largest absolute Gasteiger partial charge is 0.494 e. The van der Waals surface area contributed by atoms with Crippen molar-refractivity contribution in [1.82, 2.24) is 5.32 Å². The first-order valence-corrected chi connectivity index (χ1v) is 5.26. The molecule has 0 aliphatic carbocycles. The third kappa shape index (κ3) is 5.36. The van der Waals surface area contributed by atoms with Crippen LogP contribution in [0.1, 0.15) is 6.42 Å². The topological polar surface area (TPSA) is 47.6 Å². The van der Waals surface area contributed by atoms with Gasteiger partial charge in [-0.2, -0.15) is 0 Å². The van der Waals surface area contributed by atoms with Crippen LogP contribution >= 0.6 is 0 Å². The molecule has 0 saturated heterocycles. The lowest BCUT2D eigenvalue weighted by atomic mass is 10.3. The van der Waals surface area contributed by atoms with Gasteiger partial charge in [-0.1, -0.05) is 18.2 Å². The van der Waals surface area contributed by atoms with E-state index in [4.69, 9.17) is 4.74 Å². The van der Waals surface area contributed by atoms with Crippen LogP contribution in [0.3, 0.4) is 0 Å². The van der Waals surface area contributed by atoms with Crippen LogP contribution in [0.15, 0.2) is 30.3 Å². The number of carbonyl (C=O) groups excluding carboxylic acids is 1. The van der Waals surface area contributed by atoms with Gasteiger partial charge in [-0.15, -0.1) is 0 Å². The third-order valence-corrected chi connectivity index (χ3v) is 1.93. The van der Waals surface area contributed by atoms with Crippen LogP contribution in [-0.4, -0.2) is 32.8 Å². The van der Waals surface area contributed by atoms with Crippen LogP contribution < -0.4 is 10.1 Å². The maximum atomic E-state index is 11.0. The fraction of sp³-hybridized carbons (Fsp3) is 0.417. The summed E-state index contributed by atoms with van der Waals surface area (Å²) in [4.78, 5) is 11.0. The molecule has 0 fully saturated rings. The molecule has 1 rings (SSSR count). The van der Waals surface area contributed by atoms with E-state index in [0.717, 1.165) is 12.2 Å². The molecule has 1 amide bonds. The van der Waals surface area contributed by atoms with Gasteiger partial charge in [0.1, 0.15) is 12.4 Å². The molecule has 0 aliphatic rings. The van der Waals surface area contributed by atoms with Crippen LogP contribution in [0.25, 0.3) is 0 Å². The summed E-state index contributed by atoms with van der Waals surface area (Å²) in [6.07, 6.45) is 0.782. The Kier molecular flexibility index (Phi) is 6.03. The van der Waals surface area contributed by atoms with Crippen LogP contribution in [-0.2, 0) is 9.53 Å². The number of methoxy groups -OCH3 is 1. The van der Waals surface area contributed by atoms with Gasteiger partial charge in [0, 0.05) is 13.7 Å². The van der Waals surface area contributed by atoms with Gasteiger partial charge in [-0.05, 0) is 18.6 Å². The van der Waals surface area contributed by atoms with Gasteiger partial charge in [0.05, 0.1) is 6.61 Å². The number of benzene rings is 1. The van der Waals surface area contributed by atoms with Gasteiger partial charge in [-0.3, -0.25) is 4.79 Å². The summed E-state index contributed by atoms with van der Waals surface area (Å²) in [6, 6.07) is 9.61. The van der Waals surface area contributed by atoms with Crippen LogP contribution in [0.5, 0.6) is 5.75 Å². The molecule has 1 aromatic carbocycles. The molecular formula is C12H17NO3. The van der Waals surface area contributed by atoms with Crippen LogP contribution in [0, 0.1) is 0 Å². The number of nitrogens with one attached hydrogen (secondary N) is 1. The number of carbonyl (C=O) groups is 1. The van der Waals surface area contributed by atoms with Gasteiger partial charge >= 0.3 is 0 Å². The molecular weight excluding hydrogens is 206 g/mol. The molecule has 0 bridgehead atoms. The van der Waals surface area contributed by atoms with Crippen molar-refractivity contribution in [2.24, 2.45) is 0 Å². The fourth-order valence-electron chi connectivity index (χ4n) is 1.19. The van der Waals surface area contributed by atoms with Crippen molar-refractivity contribution < 1.29 is 14.3 Å². The lowest BCUT2D eigenvalue weighted by molar-refractivity contribution is -0.124. The van der Waals surface area contributed by atoms with Gasteiger partial charge in [0.25, 0.3) is 0 Å².